The lowest BCUT2D eigenvalue weighted by molar-refractivity contribution is 0.414. The molecule has 0 N–H and O–H groups in total. The molecule has 1 fully saturated rings. The molecule has 0 amide bonds. The molecule has 0 radical (unpaired) electrons. The minimum absolute atomic E-state index is 0.0394. The van der Waals surface area contributed by atoms with E-state index in [-0.39, 0.29) is 9.92 Å². The molecule has 0 saturated carbocycles. The van der Waals surface area contributed by atoms with Gasteiger partial charge < -0.3 is 14.1 Å². The maximum atomic E-state index is 13.4. The van der Waals surface area contributed by atoms with Gasteiger partial charge in [0.1, 0.15) is 5.75 Å². The second kappa shape index (κ2) is 8.20. The molecule has 29 heavy (non-hydrogen) atoms. The third kappa shape index (κ3) is 4.04. The van der Waals surface area contributed by atoms with Gasteiger partial charge in [0, 0.05) is 23.1 Å². The van der Waals surface area contributed by atoms with Gasteiger partial charge in [-0.25, -0.2) is 8.42 Å². The molecule has 0 unspecified atom stereocenters. The maximum absolute atomic E-state index is 13.4. The van der Waals surface area contributed by atoms with Crippen LogP contribution in [-0.4, -0.2) is 33.6 Å². The highest BCUT2D eigenvalue weighted by Crippen LogP contribution is 2.36. The average molecular weight is 477 g/mol. The molecule has 0 atom stereocenters. The molecule has 6 nitrogen and oxygen atoms in total. The summed E-state index contributed by atoms with van der Waals surface area (Å²) in [5.74, 6) is 1.21. The van der Waals surface area contributed by atoms with Crippen LogP contribution >= 0.6 is 15.9 Å². The van der Waals surface area contributed by atoms with Gasteiger partial charge in [-0.2, -0.15) is 4.98 Å². The van der Waals surface area contributed by atoms with Crippen molar-refractivity contribution in [2.45, 2.75) is 29.2 Å². The summed E-state index contributed by atoms with van der Waals surface area (Å²) in [5, 5.41) is -0.0394. The van der Waals surface area contributed by atoms with Crippen molar-refractivity contribution in [2.75, 3.05) is 25.1 Å². The highest BCUT2D eigenvalue weighted by Gasteiger charge is 2.32. The van der Waals surface area contributed by atoms with Crippen LogP contribution in [0.2, 0.25) is 0 Å². The largest absolute Gasteiger partial charge is 0.497 e. The van der Waals surface area contributed by atoms with E-state index >= 15 is 0 Å². The number of hydrogen-bond donors (Lipinski definition) is 0. The minimum atomic E-state index is -3.85. The number of ether oxygens (including phenoxy) is 1. The van der Waals surface area contributed by atoms with E-state index in [0.29, 0.717) is 17.5 Å². The van der Waals surface area contributed by atoms with Gasteiger partial charge in [-0.3, -0.25) is 0 Å². The summed E-state index contributed by atoms with van der Waals surface area (Å²) in [6.07, 6.45) is 3.12. The lowest BCUT2D eigenvalue weighted by Gasteiger charge is -2.26. The van der Waals surface area contributed by atoms with Crippen LogP contribution in [0.4, 0.5) is 5.88 Å². The summed E-state index contributed by atoms with van der Waals surface area (Å²) >= 11 is 3.41. The van der Waals surface area contributed by atoms with Crippen LogP contribution in [0.3, 0.4) is 0 Å². The molecule has 0 spiro atoms. The number of sulfone groups is 1. The number of anilines is 1. The molecule has 2 aromatic carbocycles. The summed E-state index contributed by atoms with van der Waals surface area (Å²) in [5.41, 5.74) is 0.725. The number of rotatable bonds is 5. The smallest absolute Gasteiger partial charge is 0.236 e. The Bertz CT molecular complexity index is 1090. The van der Waals surface area contributed by atoms with E-state index in [1.807, 2.05) is 29.2 Å². The van der Waals surface area contributed by atoms with E-state index in [9.17, 15) is 8.42 Å². The highest BCUT2D eigenvalue weighted by atomic mass is 79.9. The summed E-state index contributed by atoms with van der Waals surface area (Å²) in [6.45, 7) is 1.50. The van der Waals surface area contributed by atoms with Crippen LogP contribution < -0.4 is 9.64 Å². The molecular formula is C21H21BrN2O4S. The van der Waals surface area contributed by atoms with Crippen molar-refractivity contribution in [3.63, 3.8) is 0 Å². The molecule has 152 valence electrons. The Hall–Kier alpha value is -2.32. The van der Waals surface area contributed by atoms with Crippen molar-refractivity contribution in [1.82, 2.24) is 4.98 Å². The average Bonchev–Trinajstić information content (AvgIpc) is 3.21. The van der Waals surface area contributed by atoms with Crippen LogP contribution in [-0.2, 0) is 9.84 Å². The fourth-order valence-electron chi connectivity index (χ4n) is 3.35. The lowest BCUT2D eigenvalue weighted by atomic mass is 10.1. The first-order valence-electron chi connectivity index (χ1n) is 9.40. The third-order valence-corrected chi connectivity index (χ3v) is 7.13. The summed E-state index contributed by atoms with van der Waals surface area (Å²) in [6, 6.07) is 13.8. The molecule has 8 heteroatoms. The second-order valence-corrected chi connectivity index (χ2v) is 9.64. The van der Waals surface area contributed by atoms with Crippen molar-refractivity contribution in [3.05, 3.63) is 53.0 Å². The predicted molar refractivity (Wildman–Crippen MR) is 114 cm³/mol. The zero-order chi connectivity index (χ0) is 20.4. The number of hydrogen-bond acceptors (Lipinski definition) is 6. The van der Waals surface area contributed by atoms with Crippen molar-refractivity contribution < 1.29 is 17.6 Å². The van der Waals surface area contributed by atoms with Gasteiger partial charge in [0.25, 0.3) is 0 Å². The van der Waals surface area contributed by atoms with Gasteiger partial charge in [-0.05, 0) is 67.8 Å². The van der Waals surface area contributed by atoms with E-state index in [4.69, 9.17) is 9.15 Å². The SMILES string of the molecule is COc1ccc(S(=O)(=O)c2nc(-c3ccc(Br)cc3)oc2N2CCCCC2)cc1. The number of oxazole rings is 1. The molecule has 1 aliphatic heterocycles. The first kappa shape index (κ1) is 20.0. The van der Waals surface area contributed by atoms with E-state index < -0.39 is 9.84 Å². The Morgan fingerprint density at radius 2 is 1.66 bits per heavy atom. The number of aromatic nitrogens is 1. The zero-order valence-electron chi connectivity index (χ0n) is 16.0. The van der Waals surface area contributed by atoms with Gasteiger partial charge in [0.2, 0.25) is 26.6 Å². The van der Waals surface area contributed by atoms with Crippen LogP contribution in [0.25, 0.3) is 11.5 Å². The van der Waals surface area contributed by atoms with Crippen LogP contribution in [0.1, 0.15) is 19.3 Å². The summed E-state index contributed by atoms with van der Waals surface area (Å²) in [4.78, 5) is 6.57. The number of methoxy groups -OCH3 is 1. The predicted octanol–water partition coefficient (Wildman–Crippen LogP) is 4.94. The molecule has 0 bridgehead atoms. The van der Waals surface area contributed by atoms with Gasteiger partial charge >= 0.3 is 0 Å². The Labute approximate surface area is 178 Å². The highest BCUT2D eigenvalue weighted by molar-refractivity contribution is 9.10. The quantitative estimate of drug-likeness (QED) is 0.519. The molecule has 1 aromatic heterocycles. The van der Waals surface area contributed by atoms with Crippen LogP contribution in [0.5, 0.6) is 5.75 Å². The third-order valence-electron chi connectivity index (χ3n) is 4.94. The monoisotopic (exact) mass is 476 g/mol. The van der Waals surface area contributed by atoms with E-state index in [2.05, 4.69) is 20.9 Å². The molecule has 2 heterocycles. The topological polar surface area (TPSA) is 72.6 Å². The van der Waals surface area contributed by atoms with Gasteiger partial charge in [0.05, 0.1) is 12.0 Å². The van der Waals surface area contributed by atoms with E-state index in [1.165, 1.54) is 12.1 Å². The van der Waals surface area contributed by atoms with Crippen molar-refractivity contribution >= 4 is 31.7 Å². The number of halogens is 1. The van der Waals surface area contributed by atoms with Gasteiger partial charge in [0.15, 0.2) is 0 Å². The fourth-order valence-corrected chi connectivity index (χ4v) is 4.94. The van der Waals surface area contributed by atoms with E-state index in [0.717, 1.165) is 42.4 Å². The summed E-state index contributed by atoms with van der Waals surface area (Å²) in [7, 11) is -2.31. The molecular weight excluding hydrogens is 456 g/mol. The normalized spacial score (nSPS) is 14.8. The Kier molecular flexibility index (Phi) is 5.65. The molecule has 3 aromatic rings. The fraction of sp³-hybridized carbons (Fsp3) is 0.286. The number of piperidine rings is 1. The van der Waals surface area contributed by atoms with Crippen LogP contribution in [0, 0.1) is 0 Å². The first-order chi connectivity index (χ1) is 14.0. The van der Waals surface area contributed by atoms with E-state index in [1.54, 1.807) is 19.2 Å². The van der Waals surface area contributed by atoms with Crippen molar-refractivity contribution in [1.29, 1.82) is 0 Å². The van der Waals surface area contributed by atoms with Gasteiger partial charge in [-0.15, -0.1) is 0 Å². The molecule has 1 aliphatic rings. The second-order valence-electron chi connectivity index (χ2n) is 6.86. The minimum Gasteiger partial charge on any atom is -0.497 e. The zero-order valence-corrected chi connectivity index (χ0v) is 18.4. The molecule has 1 saturated heterocycles. The van der Waals surface area contributed by atoms with Crippen molar-refractivity contribution in [3.8, 4) is 17.2 Å². The molecule has 4 rings (SSSR count). The van der Waals surface area contributed by atoms with Gasteiger partial charge in [-0.1, -0.05) is 15.9 Å². The lowest BCUT2D eigenvalue weighted by Crippen LogP contribution is -2.30. The van der Waals surface area contributed by atoms with Crippen molar-refractivity contribution in [2.24, 2.45) is 0 Å². The Morgan fingerprint density at radius 3 is 2.28 bits per heavy atom. The van der Waals surface area contributed by atoms with Crippen LogP contribution in [0.15, 0.2) is 67.3 Å². The summed E-state index contributed by atoms with van der Waals surface area (Å²) < 4.78 is 38.9. The maximum Gasteiger partial charge on any atom is 0.236 e. The molecule has 0 aliphatic carbocycles. The standard InChI is InChI=1S/C21H21BrN2O4S/c1-27-17-9-11-18(12-10-17)29(25,26)20-21(24-13-3-2-4-14-24)28-19(23-20)15-5-7-16(22)8-6-15/h5-12H,2-4,13-14H2,1H3. The Morgan fingerprint density at radius 1 is 1.00 bits per heavy atom. The Balaban J connectivity index is 1.82. The number of nitrogens with zero attached hydrogens (tertiary/aromatic N) is 2. The first-order valence-corrected chi connectivity index (χ1v) is 11.7. The number of benzene rings is 2.